The van der Waals surface area contributed by atoms with Crippen molar-refractivity contribution in [3.63, 3.8) is 0 Å². The minimum Gasteiger partial charge on any atom is -0.364 e. The first-order chi connectivity index (χ1) is 10.9. The van der Waals surface area contributed by atoms with Crippen molar-refractivity contribution in [2.45, 2.75) is 26.3 Å². The van der Waals surface area contributed by atoms with Gasteiger partial charge < -0.3 is 15.1 Å². The van der Waals surface area contributed by atoms with E-state index in [9.17, 15) is 0 Å². The van der Waals surface area contributed by atoms with Crippen LogP contribution in [0.3, 0.4) is 0 Å². The molecule has 0 atom stereocenters. The van der Waals surface area contributed by atoms with E-state index in [0.29, 0.717) is 0 Å². The number of likely N-dealkylation sites (tertiary alicyclic amines) is 1. The highest BCUT2D eigenvalue weighted by Crippen LogP contribution is 2.18. The quantitative estimate of drug-likeness (QED) is 0.527. The van der Waals surface area contributed by atoms with E-state index in [1.165, 1.54) is 24.1 Å². The number of benzene rings is 1. The minimum atomic E-state index is 0.747. The number of nitrogens with zero attached hydrogens (tertiary/aromatic N) is 3. The van der Waals surface area contributed by atoms with Crippen molar-refractivity contribution < 1.29 is 0 Å². The molecule has 2 aliphatic rings. The summed E-state index contributed by atoms with van der Waals surface area (Å²) in [6.45, 7) is 8.12. The van der Waals surface area contributed by atoms with Gasteiger partial charge in [0.15, 0.2) is 5.96 Å². The maximum absolute atomic E-state index is 4.80. The predicted molar refractivity (Wildman–Crippen MR) is 93.4 cm³/mol. The molecule has 118 valence electrons. The molecule has 2 aliphatic heterocycles. The van der Waals surface area contributed by atoms with Crippen molar-refractivity contribution in [2.24, 2.45) is 4.99 Å². The fourth-order valence-electron chi connectivity index (χ4n) is 3.02. The highest BCUT2D eigenvalue weighted by Gasteiger charge is 2.15. The molecule has 0 radical (unpaired) electrons. The van der Waals surface area contributed by atoms with Crippen molar-refractivity contribution in [1.29, 1.82) is 0 Å². The highest BCUT2D eigenvalue weighted by atomic mass is 15.3. The third-order valence-corrected chi connectivity index (χ3v) is 4.27. The summed E-state index contributed by atoms with van der Waals surface area (Å²) in [7, 11) is 0. The summed E-state index contributed by atoms with van der Waals surface area (Å²) >= 11 is 0. The second-order valence-corrected chi connectivity index (χ2v) is 5.91. The first-order valence-corrected chi connectivity index (χ1v) is 8.39. The standard InChI is InChI=1S/C18H26N4/c1-2-19-18(22-13-5-6-14-22)20-15-16-7-9-17(10-8-16)21-11-3-4-12-21/h3-4,7-10H,2,5-6,11-15H2,1H3,(H,19,20). The zero-order valence-corrected chi connectivity index (χ0v) is 13.5. The van der Waals surface area contributed by atoms with E-state index in [2.05, 4.69) is 58.5 Å². The van der Waals surface area contributed by atoms with Crippen LogP contribution in [0.1, 0.15) is 25.3 Å². The summed E-state index contributed by atoms with van der Waals surface area (Å²) in [5.74, 6) is 1.06. The van der Waals surface area contributed by atoms with Crippen LogP contribution in [-0.2, 0) is 6.54 Å². The van der Waals surface area contributed by atoms with Gasteiger partial charge in [0.2, 0.25) is 0 Å². The van der Waals surface area contributed by atoms with Crippen LogP contribution >= 0.6 is 0 Å². The Labute approximate surface area is 133 Å². The smallest absolute Gasteiger partial charge is 0.194 e. The molecule has 3 rings (SSSR count). The predicted octanol–water partition coefficient (Wildman–Crippen LogP) is 2.62. The Hall–Kier alpha value is -1.97. The van der Waals surface area contributed by atoms with E-state index in [1.54, 1.807) is 0 Å². The van der Waals surface area contributed by atoms with Gasteiger partial charge in [-0.1, -0.05) is 24.3 Å². The third-order valence-electron chi connectivity index (χ3n) is 4.27. The molecule has 2 heterocycles. The number of anilines is 1. The van der Waals surface area contributed by atoms with Gasteiger partial charge in [-0.15, -0.1) is 0 Å². The molecule has 0 bridgehead atoms. The SMILES string of the molecule is CCNC(=NCc1ccc(N2CC=CC2)cc1)N1CCCC1. The van der Waals surface area contributed by atoms with Gasteiger partial charge in [0.05, 0.1) is 6.54 Å². The molecule has 4 heteroatoms. The Bertz CT molecular complexity index is 519. The number of guanidine groups is 1. The van der Waals surface area contributed by atoms with Gasteiger partial charge in [0.25, 0.3) is 0 Å². The lowest BCUT2D eigenvalue weighted by Crippen LogP contribution is -2.39. The molecule has 1 aromatic rings. The lowest BCUT2D eigenvalue weighted by atomic mass is 10.2. The number of rotatable bonds is 4. The molecule has 4 nitrogen and oxygen atoms in total. The average Bonchev–Trinajstić information content (AvgIpc) is 3.25. The molecular formula is C18H26N4. The third kappa shape index (κ3) is 3.62. The molecule has 1 fully saturated rings. The van der Waals surface area contributed by atoms with Gasteiger partial charge in [-0.3, -0.25) is 0 Å². The van der Waals surface area contributed by atoms with Crippen molar-refractivity contribution in [3.05, 3.63) is 42.0 Å². The molecule has 0 aromatic heterocycles. The van der Waals surface area contributed by atoms with E-state index in [1.807, 2.05) is 0 Å². The molecule has 1 N–H and O–H groups in total. The van der Waals surface area contributed by atoms with E-state index < -0.39 is 0 Å². The van der Waals surface area contributed by atoms with E-state index >= 15 is 0 Å². The zero-order valence-electron chi connectivity index (χ0n) is 13.5. The summed E-state index contributed by atoms with van der Waals surface area (Å²) in [6.07, 6.45) is 7.00. The van der Waals surface area contributed by atoms with Gasteiger partial charge in [0.1, 0.15) is 0 Å². The fraction of sp³-hybridized carbons (Fsp3) is 0.500. The molecule has 1 saturated heterocycles. The van der Waals surface area contributed by atoms with Gasteiger partial charge >= 0.3 is 0 Å². The molecule has 22 heavy (non-hydrogen) atoms. The van der Waals surface area contributed by atoms with E-state index in [4.69, 9.17) is 4.99 Å². The molecule has 0 saturated carbocycles. The maximum Gasteiger partial charge on any atom is 0.194 e. The fourth-order valence-corrected chi connectivity index (χ4v) is 3.02. The summed E-state index contributed by atoms with van der Waals surface area (Å²) in [5, 5.41) is 3.41. The molecule has 1 aromatic carbocycles. The number of hydrogen-bond donors (Lipinski definition) is 1. The molecular weight excluding hydrogens is 272 g/mol. The Morgan fingerprint density at radius 2 is 1.77 bits per heavy atom. The van der Waals surface area contributed by atoms with Crippen LogP contribution in [0.25, 0.3) is 0 Å². The van der Waals surface area contributed by atoms with Crippen LogP contribution < -0.4 is 10.2 Å². The molecule has 0 aliphatic carbocycles. The first-order valence-electron chi connectivity index (χ1n) is 8.39. The monoisotopic (exact) mass is 298 g/mol. The summed E-state index contributed by atoms with van der Waals surface area (Å²) < 4.78 is 0. The van der Waals surface area contributed by atoms with E-state index in [-0.39, 0.29) is 0 Å². The Morgan fingerprint density at radius 1 is 1.09 bits per heavy atom. The van der Waals surface area contributed by atoms with Crippen molar-refractivity contribution in [3.8, 4) is 0 Å². The van der Waals surface area contributed by atoms with Crippen LogP contribution in [0.2, 0.25) is 0 Å². The normalized spacial score (nSPS) is 18.3. The zero-order chi connectivity index (χ0) is 15.2. The minimum absolute atomic E-state index is 0.747. The van der Waals surface area contributed by atoms with Gasteiger partial charge in [-0.25, -0.2) is 4.99 Å². The second-order valence-electron chi connectivity index (χ2n) is 5.91. The van der Waals surface area contributed by atoms with Crippen LogP contribution in [0.4, 0.5) is 5.69 Å². The van der Waals surface area contributed by atoms with Gasteiger partial charge in [-0.05, 0) is 37.5 Å². The van der Waals surface area contributed by atoms with Crippen molar-refractivity contribution in [2.75, 3.05) is 37.6 Å². The number of nitrogens with one attached hydrogen (secondary N) is 1. The summed E-state index contributed by atoms with van der Waals surface area (Å²) in [6, 6.07) is 8.82. The van der Waals surface area contributed by atoms with Crippen molar-refractivity contribution in [1.82, 2.24) is 10.2 Å². The largest absolute Gasteiger partial charge is 0.364 e. The Balaban J connectivity index is 1.62. The molecule has 0 spiro atoms. The van der Waals surface area contributed by atoms with Crippen LogP contribution in [0.15, 0.2) is 41.4 Å². The Kier molecular flexibility index (Phi) is 4.99. The average molecular weight is 298 g/mol. The molecule has 0 amide bonds. The van der Waals surface area contributed by atoms with Gasteiger partial charge in [0, 0.05) is 38.4 Å². The van der Waals surface area contributed by atoms with Gasteiger partial charge in [-0.2, -0.15) is 0 Å². The lowest BCUT2D eigenvalue weighted by Gasteiger charge is -2.21. The summed E-state index contributed by atoms with van der Waals surface area (Å²) in [5.41, 5.74) is 2.56. The maximum atomic E-state index is 4.80. The van der Waals surface area contributed by atoms with Crippen LogP contribution in [-0.4, -0.2) is 43.6 Å². The van der Waals surface area contributed by atoms with E-state index in [0.717, 1.165) is 45.2 Å². The first kappa shape index (κ1) is 14.9. The number of hydrogen-bond acceptors (Lipinski definition) is 2. The van der Waals surface area contributed by atoms with Crippen LogP contribution in [0, 0.1) is 0 Å². The second kappa shape index (κ2) is 7.34. The van der Waals surface area contributed by atoms with Crippen molar-refractivity contribution >= 4 is 11.6 Å². The van der Waals surface area contributed by atoms with Crippen LogP contribution in [0.5, 0.6) is 0 Å². The number of aliphatic imine (C=N–C) groups is 1. The Morgan fingerprint density at radius 3 is 2.41 bits per heavy atom. The molecule has 0 unspecified atom stereocenters. The highest BCUT2D eigenvalue weighted by molar-refractivity contribution is 5.80. The lowest BCUT2D eigenvalue weighted by molar-refractivity contribution is 0.493. The topological polar surface area (TPSA) is 30.9 Å². The summed E-state index contributed by atoms with van der Waals surface area (Å²) in [4.78, 5) is 9.53.